The summed E-state index contributed by atoms with van der Waals surface area (Å²) in [6, 6.07) is 5.20. The van der Waals surface area contributed by atoms with Crippen LogP contribution >= 0.6 is 45.2 Å². The van der Waals surface area contributed by atoms with E-state index < -0.39 is 8.07 Å². The second-order valence-electron chi connectivity index (χ2n) is 7.44. The first-order valence-corrected chi connectivity index (χ1v) is 14.7. The van der Waals surface area contributed by atoms with Crippen LogP contribution in [0.4, 0.5) is 0 Å². The van der Waals surface area contributed by atoms with Crippen molar-refractivity contribution in [3.05, 3.63) is 44.6 Å². The number of fused-ring (bicyclic) bond motifs is 2. The van der Waals surface area contributed by atoms with Crippen LogP contribution in [0.15, 0.2) is 37.2 Å². The molecule has 0 fully saturated rings. The average Bonchev–Trinajstić information content (AvgIpc) is 3.27. The summed E-state index contributed by atoms with van der Waals surface area (Å²) in [4.78, 5) is 19.6. The van der Waals surface area contributed by atoms with Crippen LogP contribution < -0.4 is 0 Å². The number of hydrogen-bond acceptors (Lipinski definition) is 5. The van der Waals surface area contributed by atoms with E-state index in [1.807, 2.05) is 29.1 Å². The van der Waals surface area contributed by atoms with Gasteiger partial charge in [0.25, 0.3) is 0 Å². The second kappa shape index (κ2) is 9.58. The molecule has 28 heavy (non-hydrogen) atoms. The molecular weight excluding hydrogens is 598 g/mol. The molecule has 0 aliphatic heterocycles. The summed E-state index contributed by atoms with van der Waals surface area (Å²) < 4.78 is 9.74. The van der Waals surface area contributed by atoms with E-state index in [9.17, 15) is 0 Å². The molecule has 0 saturated heterocycles. The third-order valence-corrected chi connectivity index (χ3v) is 7.46. The highest BCUT2D eigenvalue weighted by atomic mass is 127. The molecule has 4 aromatic rings. The normalized spacial score (nSPS) is 11.6. The van der Waals surface area contributed by atoms with Gasteiger partial charge in [0.15, 0.2) is 0 Å². The lowest BCUT2D eigenvalue weighted by Gasteiger charge is -2.15. The molecule has 1 N–H and O–H groups in total. The standard InChI is InChI=1S/C12H18IN3OSi.C6H4IN3/c1-18(2,3)7-6-17-9-16-5-4-10-11(13)14-8-15-12(10)16;7-5-4-1-2-8-6(4)10-3-9-5/h4-5,8H,6-7,9H2,1-3H3;1-3H,(H,8,9,10). The van der Waals surface area contributed by atoms with Gasteiger partial charge in [0.05, 0.1) is 10.8 Å². The Kier molecular flexibility index (Phi) is 7.39. The highest BCUT2D eigenvalue weighted by Crippen LogP contribution is 2.18. The first kappa shape index (κ1) is 21.6. The zero-order valence-electron chi connectivity index (χ0n) is 16.0. The van der Waals surface area contributed by atoms with Crippen LogP contribution in [-0.2, 0) is 11.5 Å². The number of aromatic amines is 1. The maximum atomic E-state index is 5.74. The van der Waals surface area contributed by atoms with Gasteiger partial charge in [0.2, 0.25) is 0 Å². The first-order valence-electron chi connectivity index (χ1n) is 8.82. The average molecular weight is 620 g/mol. The monoisotopic (exact) mass is 620 g/mol. The molecule has 0 amide bonds. The fourth-order valence-electron chi connectivity index (χ4n) is 2.46. The topological polar surface area (TPSA) is 81.5 Å². The summed E-state index contributed by atoms with van der Waals surface area (Å²) in [6.07, 6.45) is 7.03. The highest BCUT2D eigenvalue weighted by Gasteiger charge is 2.12. The summed E-state index contributed by atoms with van der Waals surface area (Å²) in [6.45, 7) is 8.48. The van der Waals surface area contributed by atoms with E-state index >= 15 is 0 Å². The number of ether oxygens (including phenoxy) is 1. The predicted octanol–water partition coefficient (Wildman–Crippen LogP) is 4.91. The SMILES string of the molecule is C[Si](C)(C)CCOCn1ccc2c(I)ncnc21.Ic1ncnc2[nH]ccc12. The Bertz CT molecular complexity index is 1060. The maximum Gasteiger partial charge on any atom is 0.146 e. The Labute approximate surface area is 192 Å². The molecule has 0 saturated carbocycles. The number of H-pyrrole nitrogens is 1. The molecule has 0 spiro atoms. The lowest BCUT2D eigenvalue weighted by Crippen LogP contribution is -2.22. The van der Waals surface area contributed by atoms with Crippen molar-refractivity contribution in [3.63, 3.8) is 0 Å². The van der Waals surface area contributed by atoms with Gasteiger partial charge in [0, 0.05) is 27.1 Å². The van der Waals surface area contributed by atoms with Crippen LogP contribution in [0.25, 0.3) is 22.1 Å². The molecule has 0 atom stereocenters. The minimum Gasteiger partial charge on any atom is -0.361 e. The second-order valence-corrected chi connectivity index (χ2v) is 15.1. The largest absolute Gasteiger partial charge is 0.361 e. The molecule has 148 valence electrons. The molecule has 0 aromatic carbocycles. The minimum atomic E-state index is -1.00. The molecule has 0 radical (unpaired) electrons. The number of nitrogens with zero attached hydrogens (tertiary/aromatic N) is 5. The van der Waals surface area contributed by atoms with Crippen molar-refractivity contribution in [1.29, 1.82) is 0 Å². The van der Waals surface area contributed by atoms with Crippen LogP contribution in [0.5, 0.6) is 0 Å². The molecule has 0 bridgehead atoms. The van der Waals surface area contributed by atoms with Gasteiger partial charge < -0.3 is 14.3 Å². The van der Waals surface area contributed by atoms with Crippen molar-refractivity contribution in [1.82, 2.24) is 29.5 Å². The van der Waals surface area contributed by atoms with Crippen LogP contribution in [-0.4, -0.2) is 44.2 Å². The van der Waals surface area contributed by atoms with E-state index in [0.29, 0.717) is 6.73 Å². The van der Waals surface area contributed by atoms with Gasteiger partial charge >= 0.3 is 0 Å². The predicted molar refractivity (Wildman–Crippen MR) is 131 cm³/mol. The third kappa shape index (κ3) is 5.70. The quantitative estimate of drug-likeness (QED) is 0.149. The van der Waals surface area contributed by atoms with Crippen molar-refractivity contribution in [2.75, 3.05) is 6.61 Å². The van der Waals surface area contributed by atoms with E-state index in [-0.39, 0.29) is 0 Å². The van der Waals surface area contributed by atoms with E-state index in [1.54, 1.807) is 12.7 Å². The van der Waals surface area contributed by atoms with Gasteiger partial charge in [-0.1, -0.05) is 19.6 Å². The van der Waals surface area contributed by atoms with Gasteiger partial charge in [-0.05, 0) is 63.4 Å². The van der Waals surface area contributed by atoms with Gasteiger partial charge in [-0.15, -0.1) is 0 Å². The minimum absolute atomic E-state index is 0.571. The van der Waals surface area contributed by atoms with Crippen molar-refractivity contribution in [2.24, 2.45) is 0 Å². The fraction of sp³-hybridized carbons (Fsp3) is 0.333. The number of halogens is 2. The van der Waals surface area contributed by atoms with Crippen molar-refractivity contribution in [3.8, 4) is 0 Å². The Morgan fingerprint density at radius 3 is 2.43 bits per heavy atom. The Hall–Kier alpha value is -1.12. The van der Waals surface area contributed by atoms with Crippen LogP contribution in [0, 0.1) is 7.40 Å². The van der Waals surface area contributed by atoms with Crippen molar-refractivity contribution in [2.45, 2.75) is 32.4 Å². The lowest BCUT2D eigenvalue weighted by molar-refractivity contribution is 0.0899. The molecule has 4 heterocycles. The van der Waals surface area contributed by atoms with Crippen molar-refractivity contribution >= 4 is 75.3 Å². The smallest absolute Gasteiger partial charge is 0.146 e. The molecule has 4 rings (SSSR count). The first-order chi connectivity index (χ1) is 13.3. The van der Waals surface area contributed by atoms with Gasteiger partial charge in [-0.2, -0.15) is 0 Å². The summed E-state index contributed by atoms with van der Waals surface area (Å²) in [5.74, 6) is 0. The van der Waals surface area contributed by atoms with Gasteiger partial charge in [0.1, 0.15) is 38.1 Å². The van der Waals surface area contributed by atoms with Crippen molar-refractivity contribution < 1.29 is 4.74 Å². The summed E-state index contributed by atoms with van der Waals surface area (Å²) in [7, 11) is -1.00. The number of nitrogens with one attached hydrogen (secondary N) is 1. The summed E-state index contributed by atoms with van der Waals surface area (Å²) in [5, 5.41) is 2.18. The van der Waals surface area contributed by atoms with Gasteiger partial charge in [-0.3, -0.25) is 0 Å². The lowest BCUT2D eigenvalue weighted by atomic mass is 10.4. The maximum absolute atomic E-state index is 5.74. The van der Waals surface area contributed by atoms with E-state index in [2.05, 4.69) is 89.7 Å². The molecule has 0 unspecified atom stereocenters. The van der Waals surface area contributed by atoms with E-state index in [1.165, 1.54) is 6.04 Å². The Morgan fingerprint density at radius 1 is 1.00 bits per heavy atom. The third-order valence-electron chi connectivity index (χ3n) is 4.04. The molecule has 0 aliphatic carbocycles. The molecule has 10 heteroatoms. The Balaban J connectivity index is 0.000000188. The Morgan fingerprint density at radius 2 is 1.71 bits per heavy atom. The zero-order valence-corrected chi connectivity index (χ0v) is 21.3. The molecular formula is C18H22I2N6OSi. The number of hydrogen-bond donors (Lipinski definition) is 1. The molecule has 4 aromatic heterocycles. The van der Waals surface area contributed by atoms with Crippen LogP contribution in [0.1, 0.15) is 0 Å². The van der Waals surface area contributed by atoms with Crippen LogP contribution in [0.3, 0.4) is 0 Å². The fourth-order valence-corrected chi connectivity index (χ4v) is 4.32. The summed E-state index contributed by atoms with van der Waals surface area (Å²) >= 11 is 4.41. The van der Waals surface area contributed by atoms with E-state index in [4.69, 9.17) is 4.74 Å². The molecule has 0 aliphatic rings. The number of aromatic nitrogens is 6. The highest BCUT2D eigenvalue weighted by molar-refractivity contribution is 14.1. The number of rotatable bonds is 5. The molecule has 7 nitrogen and oxygen atoms in total. The van der Waals surface area contributed by atoms with E-state index in [0.717, 1.165) is 36.1 Å². The summed E-state index contributed by atoms with van der Waals surface area (Å²) in [5.41, 5.74) is 1.85. The zero-order chi connectivity index (χ0) is 20.1. The van der Waals surface area contributed by atoms with Gasteiger partial charge in [-0.25, -0.2) is 19.9 Å². The van der Waals surface area contributed by atoms with Crippen LogP contribution in [0.2, 0.25) is 25.7 Å².